The second-order valence-electron chi connectivity index (χ2n) is 5.48. The van der Waals surface area contributed by atoms with Crippen LogP contribution in [0.15, 0.2) is 24.3 Å². The van der Waals surface area contributed by atoms with Crippen molar-refractivity contribution in [3.8, 4) is 0 Å². The van der Waals surface area contributed by atoms with E-state index in [0.29, 0.717) is 0 Å². The van der Waals surface area contributed by atoms with Crippen molar-refractivity contribution in [2.45, 2.75) is 38.8 Å². The van der Waals surface area contributed by atoms with Gasteiger partial charge in [0, 0.05) is 0 Å². The number of carboxylic acids is 1. The van der Waals surface area contributed by atoms with Crippen LogP contribution in [0, 0.1) is 6.92 Å². The van der Waals surface area contributed by atoms with E-state index in [1.807, 2.05) is 0 Å². The van der Waals surface area contributed by atoms with Crippen molar-refractivity contribution >= 4 is 11.9 Å². The number of aliphatic carboxylic acids is 1. The standard InChI is InChI=1S/C14H19NO4/c1-9-6-5-7-10(8-9)14(15,11(16)17)12(18)19-13(2,3)4/h5-8H,15H2,1-4H3,(H,16,17). The highest BCUT2D eigenvalue weighted by Gasteiger charge is 2.47. The topological polar surface area (TPSA) is 89.6 Å². The first-order valence-corrected chi connectivity index (χ1v) is 5.90. The molecule has 1 unspecified atom stereocenters. The molecule has 1 aromatic rings. The normalized spacial score (nSPS) is 14.6. The zero-order valence-corrected chi connectivity index (χ0v) is 11.6. The molecule has 0 aliphatic rings. The van der Waals surface area contributed by atoms with Gasteiger partial charge in [0.1, 0.15) is 5.60 Å². The number of carbonyl (C=O) groups is 2. The molecule has 1 aromatic carbocycles. The van der Waals surface area contributed by atoms with Gasteiger partial charge in [0.25, 0.3) is 0 Å². The highest BCUT2D eigenvalue weighted by atomic mass is 16.6. The summed E-state index contributed by atoms with van der Waals surface area (Å²) in [5.41, 5.74) is 3.83. The van der Waals surface area contributed by atoms with Gasteiger partial charge in [-0.15, -0.1) is 0 Å². The Labute approximate surface area is 112 Å². The van der Waals surface area contributed by atoms with Crippen LogP contribution < -0.4 is 5.73 Å². The van der Waals surface area contributed by atoms with Crippen LogP contribution in [-0.2, 0) is 19.9 Å². The first-order valence-electron chi connectivity index (χ1n) is 5.90. The fraction of sp³-hybridized carbons (Fsp3) is 0.429. The average Bonchev–Trinajstić information content (AvgIpc) is 2.25. The lowest BCUT2D eigenvalue weighted by Gasteiger charge is -2.28. The number of carboxylic acid groups (broad SMARTS) is 1. The van der Waals surface area contributed by atoms with E-state index >= 15 is 0 Å². The number of benzene rings is 1. The Morgan fingerprint density at radius 3 is 2.26 bits per heavy atom. The van der Waals surface area contributed by atoms with Crippen molar-refractivity contribution in [2.75, 3.05) is 0 Å². The molecule has 0 fully saturated rings. The van der Waals surface area contributed by atoms with Gasteiger partial charge >= 0.3 is 11.9 Å². The Bertz CT molecular complexity index is 504. The van der Waals surface area contributed by atoms with Crippen LogP contribution in [0.4, 0.5) is 0 Å². The lowest BCUT2D eigenvalue weighted by molar-refractivity contribution is -0.169. The highest BCUT2D eigenvalue weighted by molar-refractivity contribution is 6.04. The molecule has 0 amide bonds. The Morgan fingerprint density at radius 1 is 1.26 bits per heavy atom. The van der Waals surface area contributed by atoms with Crippen molar-refractivity contribution < 1.29 is 19.4 Å². The predicted octanol–water partition coefficient (Wildman–Crippen LogP) is 1.58. The van der Waals surface area contributed by atoms with Crippen LogP contribution in [-0.4, -0.2) is 22.6 Å². The molecule has 5 heteroatoms. The highest BCUT2D eigenvalue weighted by Crippen LogP contribution is 2.24. The number of ether oxygens (including phenoxy) is 1. The van der Waals surface area contributed by atoms with Crippen LogP contribution in [0.2, 0.25) is 0 Å². The van der Waals surface area contributed by atoms with Crippen molar-refractivity contribution in [3.63, 3.8) is 0 Å². The summed E-state index contributed by atoms with van der Waals surface area (Å²) in [6.45, 7) is 6.76. The number of rotatable bonds is 3. The maximum Gasteiger partial charge on any atom is 0.343 e. The van der Waals surface area contributed by atoms with Gasteiger partial charge in [0.05, 0.1) is 0 Å². The molecule has 0 bridgehead atoms. The van der Waals surface area contributed by atoms with E-state index in [0.717, 1.165) is 5.56 Å². The molecule has 0 aromatic heterocycles. The number of esters is 1. The van der Waals surface area contributed by atoms with Crippen LogP contribution in [0.5, 0.6) is 0 Å². The summed E-state index contributed by atoms with van der Waals surface area (Å²) in [7, 11) is 0. The smallest absolute Gasteiger partial charge is 0.343 e. The Hall–Kier alpha value is -1.88. The molecule has 0 aliphatic carbocycles. The molecule has 5 nitrogen and oxygen atoms in total. The van der Waals surface area contributed by atoms with Crippen LogP contribution >= 0.6 is 0 Å². The summed E-state index contributed by atoms with van der Waals surface area (Å²) in [5.74, 6) is -2.41. The van der Waals surface area contributed by atoms with E-state index in [1.54, 1.807) is 45.9 Å². The number of carbonyl (C=O) groups excluding carboxylic acids is 1. The summed E-state index contributed by atoms with van der Waals surface area (Å²) in [6.07, 6.45) is 0. The first kappa shape index (κ1) is 15.2. The average molecular weight is 265 g/mol. The lowest BCUT2D eigenvalue weighted by atomic mass is 9.90. The molecule has 0 radical (unpaired) electrons. The zero-order chi connectivity index (χ0) is 14.8. The Balaban J connectivity index is 3.25. The third kappa shape index (κ3) is 3.32. The summed E-state index contributed by atoms with van der Waals surface area (Å²) >= 11 is 0. The van der Waals surface area contributed by atoms with Crippen molar-refractivity contribution in [3.05, 3.63) is 35.4 Å². The molecule has 0 saturated heterocycles. The quantitative estimate of drug-likeness (QED) is 0.639. The molecule has 1 atom stereocenters. The number of hydrogen-bond acceptors (Lipinski definition) is 4. The zero-order valence-electron chi connectivity index (χ0n) is 11.6. The molecule has 0 spiro atoms. The van der Waals surface area contributed by atoms with Gasteiger partial charge in [-0.3, -0.25) is 0 Å². The van der Waals surface area contributed by atoms with Crippen LogP contribution in [0.3, 0.4) is 0 Å². The van der Waals surface area contributed by atoms with E-state index in [4.69, 9.17) is 10.5 Å². The Kier molecular flexibility index (Phi) is 4.00. The van der Waals surface area contributed by atoms with Crippen molar-refractivity contribution in [1.29, 1.82) is 0 Å². The maximum atomic E-state index is 12.1. The van der Waals surface area contributed by atoms with E-state index in [-0.39, 0.29) is 5.56 Å². The molecule has 0 saturated carbocycles. The Morgan fingerprint density at radius 2 is 1.84 bits per heavy atom. The first-order chi connectivity index (χ1) is 8.57. The third-order valence-corrected chi connectivity index (χ3v) is 2.53. The molecular formula is C14H19NO4. The summed E-state index contributed by atoms with van der Waals surface area (Å²) in [5, 5.41) is 9.32. The SMILES string of the molecule is Cc1cccc(C(N)(C(=O)O)C(=O)OC(C)(C)C)c1. The minimum absolute atomic E-state index is 0.203. The number of aryl methyl sites for hydroxylation is 1. The molecule has 0 heterocycles. The third-order valence-electron chi connectivity index (χ3n) is 2.53. The minimum atomic E-state index is -2.20. The molecule has 0 aliphatic heterocycles. The van der Waals surface area contributed by atoms with Crippen LogP contribution in [0.25, 0.3) is 0 Å². The van der Waals surface area contributed by atoms with Gasteiger partial charge in [-0.1, -0.05) is 29.8 Å². The summed E-state index contributed by atoms with van der Waals surface area (Å²) in [4.78, 5) is 23.5. The van der Waals surface area contributed by atoms with Gasteiger partial charge in [0.2, 0.25) is 5.54 Å². The molecular weight excluding hydrogens is 246 g/mol. The van der Waals surface area contributed by atoms with Gasteiger partial charge in [-0.25, -0.2) is 9.59 Å². The molecule has 104 valence electrons. The van der Waals surface area contributed by atoms with Gasteiger partial charge in [0.15, 0.2) is 0 Å². The summed E-state index contributed by atoms with van der Waals surface area (Å²) < 4.78 is 5.11. The van der Waals surface area contributed by atoms with Crippen molar-refractivity contribution in [2.24, 2.45) is 5.73 Å². The predicted molar refractivity (Wildman–Crippen MR) is 70.5 cm³/mol. The number of hydrogen-bond donors (Lipinski definition) is 2. The van der Waals surface area contributed by atoms with E-state index in [2.05, 4.69) is 0 Å². The summed E-state index contributed by atoms with van der Waals surface area (Å²) in [6, 6.07) is 6.52. The van der Waals surface area contributed by atoms with Gasteiger partial charge in [-0.2, -0.15) is 0 Å². The largest absolute Gasteiger partial charge is 0.479 e. The fourth-order valence-corrected chi connectivity index (χ4v) is 1.58. The second-order valence-corrected chi connectivity index (χ2v) is 5.48. The maximum absolute atomic E-state index is 12.1. The fourth-order valence-electron chi connectivity index (χ4n) is 1.58. The second kappa shape index (κ2) is 5.01. The molecule has 3 N–H and O–H groups in total. The van der Waals surface area contributed by atoms with E-state index in [1.165, 1.54) is 6.07 Å². The number of nitrogens with two attached hydrogens (primary N) is 1. The lowest BCUT2D eigenvalue weighted by Crippen LogP contribution is -2.54. The van der Waals surface area contributed by atoms with E-state index in [9.17, 15) is 14.7 Å². The van der Waals surface area contributed by atoms with Crippen molar-refractivity contribution in [1.82, 2.24) is 0 Å². The molecule has 1 rings (SSSR count). The van der Waals surface area contributed by atoms with Gasteiger partial charge < -0.3 is 15.6 Å². The minimum Gasteiger partial charge on any atom is -0.479 e. The van der Waals surface area contributed by atoms with E-state index < -0.39 is 23.1 Å². The monoisotopic (exact) mass is 265 g/mol. The van der Waals surface area contributed by atoms with Gasteiger partial charge in [-0.05, 0) is 33.3 Å². The van der Waals surface area contributed by atoms with Crippen LogP contribution in [0.1, 0.15) is 31.9 Å². The molecule has 19 heavy (non-hydrogen) atoms.